The van der Waals surface area contributed by atoms with Crippen LogP contribution in [-0.4, -0.2) is 59.3 Å². The molecule has 2 aliphatic carbocycles. The maximum absolute atomic E-state index is 13.7. The molecule has 0 saturated carbocycles. The van der Waals surface area contributed by atoms with Gasteiger partial charge in [0.05, 0.1) is 48.1 Å². The number of rotatable bonds is 5. The van der Waals surface area contributed by atoms with Gasteiger partial charge in [0.2, 0.25) is 5.75 Å². The van der Waals surface area contributed by atoms with Crippen molar-refractivity contribution in [1.29, 1.82) is 0 Å². The second-order valence-electron chi connectivity index (χ2n) is 8.97. The molecule has 5 rings (SSSR count). The van der Waals surface area contributed by atoms with Gasteiger partial charge in [0.25, 0.3) is 0 Å². The second kappa shape index (κ2) is 7.74. The minimum absolute atomic E-state index is 0.00357. The number of hydroxylamine groups is 3. The second-order valence-corrected chi connectivity index (χ2v) is 8.97. The summed E-state index contributed by atoms with van der Waals surface area (Å²) in [6.45, 7) is 1.21. The highest BCUT2D eigenvalue weighted by Gasteiger charge is 2.48. The third-order valence-electron chi connectivity index (χ3n) is 7.67. The Bertz CT molecular complexity index is 1040. The standard InChI is InChI=1S/C25H31NO6/c1-28-20-10-16-17(11-21(20)29-2)23-18(12-22(30-3)24(31-4)25(23)32-5)15-9-14-7-6-8-26(14,27)13-19(15)16/h10-12,14,16-17H,6-9,13H2,1-5H3. The first kappa shape index (κ1) is 21.2. The molecule has 7 heteroatoms. The molecule has 4 aliphatic rings. The van der Waals surface area contributed by atoms with Crippen LogP contribution in [-0.2, 0) is 9.47 Å². The van der Waals surface area contributed by atoms with Crippen molar-refractivity contribution >= 4 is 5.57 Å². The summed E-state index contributed by atoms with van der Waals surface area (Å²) >= 11 is 0. The molecule has 0 amide bonds. The number of benzene rings is 1. The van der Waals surface area contributed by atoms with Crippen LogP contribution in [0, 0.1) is 11.1 Å². The summed E-state index contributed by atoms with van der Waals surface area (Å²) in [5, 5.41) is 13.7. The van der Waals surface area contributed by atoms with E-state index in [4.69, 9.17) is 23.7 Å². The van der Waals surface area contributed by atoms with Gasteiger partial charge in [-0.25, -0.2) is 0 Å². The van der Waals surface area contributed by atoms with Gasteiger partial charge in [-0.15, -0.1) is 0 Å². The molecule has 0 spiro atoms. The van der Waals surface area contributed by atoms with Crippen molar-refractivity contribution in [3.8, 4) is 17.2 Å². The summed E-state index contributed by atoms with van der Waals surface area (Å²) in [5.41, 5.74) is 4.59. The molecule has 1 aromatic rings. The summed E-state index contributed by atoms with van der Waals surface area (Å²) < 4.78 is 28.5. The van der Waals surface area contributed by atoms with E-state index in [0.717, 1.165) is 30.4 Å². The van der Waals surface area contributed by atoms with Crippen LogP contribution in [0.25, 0.3) is 5.57 Å². The normalized spacial score (nSPS) is 30.2. The first-order valence-electron chi connectivity index (χ1n) is 11.1. The van der Waals surface area contributed by atoms with Gasteiger partial charge >= 0.3 is 0 Å². The van der Waals surface area contributed by atoms with Crippen LogP contribution >= 0.6 is 0 Å². The van der Waals surface area contributed by atoms with Gasteiger partial charge in [-0.1, -0.05) is 0 Å². The van der Waals surface area contributed by atoms with Crippen LogP contribution < -0.4 is 14.2 Å². The third kappa shape index (κ3) is 2.87. The first-order chi connectivity index (χ1) is 15.5. The molecule has 0 radical (unpaired) electrons. The molecular formula is C25H31NO6. The van der Waals surface area contributed by atoms with Crippen molar-refractivity contribution in [1.82, 2.24) is 0 Å². The van der Waals surface area contributed by atoms with Gasteiger partial charge in [-0.3, -0.25) is 0 Å². The lowest BCUT2D eigenvalue weighted by Crippen LogP contribution is -2.52. The summed E-state index contributed by atoms with van der Waals surface area (Å²) in [6.07, 6.45) is 6.93. The zero-order chi connectivity index (χ0) is 22.6. The Labute approximate surface area is 189 Å². The lowest BCUT2D eigenvalue weighted by atomic mass is 9.66. The summed E-state index contributed by atoms with van der Waals surface area (Å²) in [6, 6.07) is 2.16. The zero-order valence-electron chi connectivity index (χ0n) is 19.4. The highest BCUT2D eigenvalue weighted by atomic mass is 16.6. The molecule has 1 saturated heterocycles. The Balaban J connectivity index is 1.79. The summed E-state index contributed by atoms with van der Waals surface area (Å²) in [7, 11) is 8.22. The number of allylic oxidation sites excluding steroid dienone is 2. The molecule has 7 nitrogen and oxygen atoms in total. The molecule has 0 aromatic heterocycles. The van der Waals surface area contributed by atoms with E-state index in [-0.39, 0.29) is 22.5 Å². The molecule has 4 atom stereocenters. The summed E-state index contributed by atoms with van der Waals surface area (Å²) in [5.74, 6) is 3.21. The molecule has 172 valence electrons. The predicted molar refractivity (Wildman–Crippen MR) is 120 cm³/mol. The van der Waals surface area contributed by atoms with E-state index in [1.807, 2.05) is 0 Å². The van der Waals surface area contributed by atoms with Crippen molar-refractivity contribution in [2.75, 3.05) is 48.6 Å². The van der Waals surface area contributed by atoms with Gasteiger partial charge in [0, 0.05) is 36.7 Å². The van der Waals surface area contributed by atoms with E-state index in [1.165, 1.54) is 11.1 Å². The van der Waals surface area contributed by atoms with Crippen molar-refractivity contribution in [2.24, 2.45) is 5.92 Å². The fourth-order valence-electron chi connectivity index (χ4n) is 6.20. The van der Waals surface area contributed by atoms with E-state index in [1.54, 1.807) is 35.5 Å². The number of hydrogen-bond donors (Lipinski definition) is 0. The van der Waals surface area contributed by atoms with Gasteiger partial charge in [-0.05, 0) is 34.9 Å². The van der Waals surface area contributed by atoms with E-state index in [9.17, 15) is 5.21 Å². The van der Waals surface area contributed by atoms with Crippen molar-refractivity contribution in [3.05, 3.63) is 51.6 Å². The highest BCUT2D eigenvalue weighted by molar-refractivity contribution is 5.82. The van der Waals surface area contributed by atoms with Gasteiger partial charge in [0.1, 0.15) is 6.54 Å². The van der Waals surface area contributed by atoms with Crippen LogP contribution in [0.4, 0.5) is 0 Å². The summed E-state index contributed by atoms with van der Waals surface area (Å²) in [4.78, 5) is 0. The molecule has 1 aromatic carbocycles. The fourth-order valence-corrected chi connectivity index (χ4v) is 6.20. The Hall–Kier alpha value is -2.64. The van der Waals surface area contributed by atoms with Crippen molar-refractivity contribution in [2.45, 2.75) is 31.2 Å². The molecule has 0 bridgehead atoms. The largest absolute Gasteiger partial charge is 0.632 e. The van der Waals surface area contributed by atoms with Crippen molar-refractivity contribution in [3.63, 3.8) is 0 Å². The van der Waals surface area contributed by atoms with E-state index >= 15 is 0 Å². The Morgan fingerprint density at radius 1 is 0.875 bits per heavy atom. The monoisotopic (exact) mass is 441 g/mol. The number of ether oxygens (including phenoxy) is 5. The lowest BCUT2D eigenvalue weighted by Gasteiger charge is -2.52. The Morgan fingerprint density at radius 2 is 1.56 bits per heavy atom. The minimum Gasteiger partial charge on any atom is -0.632 e. The SMILES string of the molecule is COC1=CC2C3=C(CC4CCC[N+]4([O-])C3)c3cc(OC)c(OC)c(OC)c3C2C=C1OC. The predicted octanol–water partition coefficient (Wildman–Crippen LogP) is 4.13. The average Bonchev–Trinajstić information content (AvgIpc) is 3.20. The molecule has 2 aliphatic heterocycles. The number of hydrogen-bond acceptors (Lipinski definition) is 6. The Kier molecular flexibility index (Phi) is 5.13. The van der Waals surface area contributed by atoms with Crippen LogP contribution in [0.15, 0.2) is 35.3 Å². The molecule has 32 heavy (non-hydrogen) atoms. The van der Waals surface area contributed by atoms with Crippen LogP contribution in [0.1, 0.15) is 36.3 Å². The number of quaternary nitrogens is 1. The zero-order valence-corrected chi connectivity index (χ0v) is 19.4. The maximum Gasteiger partial charge on any atom is 0.203 e. The van der Waals surface area contributed by atoms with Crippen LogP contribution in [0.2, 0.25) is 0 Å². The van der Waals surface area contributed by atoms with Gasteiger partial charge in [-0.2, -0.15) is 0 Å². The van der Waals surface area contributed by atoms with Crippen LogP contribution in [0.5, 0.6) is 17.2 Å². The smallest absolute Gasteiger partial charge is 0.203 e. The van der Waals surface area contributed by atoms with E-state index < -0.39 is 0 Å². The first-order valence-corrected chi connectivity index (χ1v) is 11.1. The third-order valence-corrected chi connectivity index (χ3v) is 7.67. The molecule has 1 fully saturated rings. The highest BCUT2D eigenvalue weighted by Crippen LogP contribution is 2.58. The quantitative estimate of drug-likeness (QED) is 0.505. The van der Waals surface area contributed by atoms with Crippen molar-refractivity contribution < 1.29 is 28.3 Å². The molecule has 0 N–H and O–H groups in total. The van der Waals surface area contributed by atoms with Gasteiger partial charge < -0.3 is 33.5 Å². The average molecular weight is 442 g/mol. The minimum atomic E-state index is -0.112. The number of fused-ring (bicyclic) bond motifs is 6. The molecular weight excluding hydrogens is 410 g/mol. The Morgan fingerprint density at radius 3 is 2.19 bits per heavy atom. The van der Waals surface area contributed by atoms with E-state index in [2.05, 4.69) is 18.2 Å². The molecule has 2 heterocycles. The topological polar surface area (TPSA) is 69.2 Å². The van der Waals surface area contributed by atoms with E-state index in [0.29, 0.717) is 41.9 Å². The number of methoxy groups -OCH3 is 5. The number of nitrogens with zero attached hydrogens (tertiary/aromatic N) is 1. The van der Waals surface area contributed by atoms with Gasteiger partial charge in [0.15, 0.2) is 23.0 Å². The van der Waals surface area contributed by atoms with Crippen LogP contribution in [0.3, 0.4) is 0 Å². The fraction of sp³-hybridized carbons (Fsp3) is 0.520. The lowest BCUT2D eigenvalue weighted by molar-refractivity contribution is -0.889. The maximum atomic E-state index is 13.7. The molecule has 4 unspecified atom stereocenters.